The minimum atomic E-state index is 0. The van der Waals surface area contributed by atoms with Gasteiger partial charge in [-0.3, -0.25) is 4.57 Å². The minimum Gasteiger partial charge on any atom is -0.292 e. The van der Waals surface area contributed by atoms with Crippen molar-refractivity contribution < 1.29 is 20.1 Å². The van der Waals surface area contributed by atoms with Crippen LogP contribution in [0.2, 0.25) is 0 Å². The summed E-state index contributed by atoms with van der Waals surface area (Å²) in [4.78, 5) is 1.01. The molecule has 0 spiro atoms. The Bertz CT molecular complexity index is 1730. The van der Waals surface area contributed by atoms with E-state index >= 15 is 0 Å². The van der Waals surface area contributed by atoms with Crippen LogP contribution in [0.1, 0.15) is 0 Å². The first-order valence-electron chi connectivity index (χ1n) is 10.5. The van der Waals surface area contributed by atoms with E-state index in [2.05, 4.69) is 95.6 Å². The van der Waals surface area contributed by atoms with E-state index in [4.69, 9.17) is 10.2 Å². The molecule has 3 nitrogen and oxygen atoms in total. The SMILES string of the molecule is [Ir].[c-]1ccsc1-c1nnc(-n2c3ccccc3c3ccccc32)c2cc3ccccc3cc12. The van der Waals surface area contributed by atoms with Crippen LogP contribution in [0.15, 0.2) is 96.4 Å². The van der Waals surface area contributed by atoms with Crippen LogP contribution in [-0.2, 0) is 20.1 Å². The third kappa shape index (κ3) is 3.05. The molecule has 0 aliphatic rings. The molecule has 33 heavy (non-hydrogen) atoms. The zero-order valence-corrected chi connectivity index (χ0v) is 20.5. The number of hydrogen-bond acceptors (Lipinski definition) is 3. The molecule has 0 aliphatic carbocycles. The molecule has 3 aromatic heterocycles. The van der Waals surface area contributed by atoms with Crippen molar-refractivity contribution in [1.29, 1.82) is 0 Å². The minimum absolute atomic E-state index is 0. The Balaban J connectivity index is 0.00000206. The molecule has 7 aromatic rings. The first-order valence-corrected chi connectivity index (χ1v) is 11.4. The fraction of sp³-hybridized carbons (Fsp3) is 0. The van der Waals surface area contributed by atoms with E-state index in [0.29, 0.717) is 0 Å². The van der Waals surface area contributed by atoms with Gasteiger partial charge in [-0.2, -0.15) is 12.1 Å². The first-order chi connectivity index (χ1) is 15.9. The second-order valence-electron chi connectivity index (χ2n) is 7.88. The maximum absolute atomic E-state index is 4.81. The van der Waals surface area contributed by atoms with E-state index in [1.165, 1.54) is 21.5 Å². The molecule has 0 atom stereocenters. The molecule has 0 saturated heterocycles. The number of nitrogens with zero attached hydrogens (tertiary/aromatic N) is 3. The maximum Gasteiger partial charge on any atom is 0.165 e. The Morgan fingerprint density at radius 3 is 1.91 bits per heavy atom. The third-order valence-electron chi connectivity index (χ3n) is 6.10. The maximum atomic E-state index is 4.81. The van der Waals surface area contributed by atoms with Crippen LogP contribution in [0.5, 0.6) is 0 Å². The number of rotatable bonds is 2. The summed E-state index contributed by atoms with van der Waals surface area (Å²) in [6.45, 7) is 0. The standard InChI is InChI=1S/C28H16N3S.Ir/c1-2-9-19-17-23-22(16-18(19)8-1)27(26-14-7-15-32-26)29-30-28(23)31-24-12-5-3-10-20(24)21-11-4-6-13-25(21)31;/h1-13,15-17H;/q-1;. The summed E-state index contributed by atoms with van der Waals surface area (Å²) in [6, 6.07) is 35.2. The Labute approximate surface area is 207 Å². The molecule has 1 radical (unpaired) electrons. The van der Waals surface area contributed by atoms with Crippen molar-refractivity contribution in [2.45, 2.75) is 0 Å². The molecule has 0 fully saturated rings. The molecule has 0 aliphatic heterocycles. The molecule has 5 heteroatoms. The van der Waals surface area contributed by atoms with Crippen molar-refractivity contribution in [3.8, 4) is 16.4 Å². The van der Waals surface area contributed by atoms with Crippen molar-refractivity contribution >= 4 is 54.7 Å². The van der Waals surface area contributed by atoms with Crippen LogP contribution in [0.3, 0.4) is 0 Å². The van der Waals surface area contributed by atoms with E-state index < -0.39 is 0 Å². The third-order valence-corrected chi connectivity index (χ3v) is 6.92. The van der Waals surface area contributed by atoms with E-state index in [1.54, 1.807) is 11.3 Å². The smallest absolute Gasteiger partial charge is 0.165 e. The predicted molar refractivity (Wildman–Crippen MR) is 134 cm³/mol. The van der Waals surface area contributed by atoms with Gasteiger partial charge in [0.15, 0.2) is 5.82 Å². The van der Waals surface area contributed by atoms with E-state index in [1.807, 2.05) is 11.4 Å². The van der Waals surface area contributed by atoms with Gasteiger partial charge < -0.3 is 0 Å². The van der Waals surface area contributed by atoms with Gasteiger partial charge >= 0.3 is 0 Å². The van der Waals surface area contributed by atoms with Crippen LogP contribution in [0, 0.1) is 6.07 Å². The van der Waals surface area contributed by atoms with Crippen molar-refractivity contribution in [2.24, 2.45) is 0 Å². The fourth-order valence-corrected chi connectivity index (χ4v) is 5.35. The molecule has 0 bridgehead atoms. The molecule has 0 amide bonds. The van der Waals surface area contributed by atoms with E-state index in [-0.39, 0.29) is 20.1 Å². The molecule has 4 aromatic carbocycles. The molecule has 0 saturated carbocycles. The molecule has 159 valence electrons. The average Bonchev–Trinajstić information content (AvgIpc) is 3.49. The summed E-state index contributed by atoms with van der Waals surface area (Å²) < 4.78 is 2.25. The second-order valence-corrected chi connectivity index (χ2v) is 8.80. The summed E-state index contributed by atoms with van der Waals surface area (Å²) in [5.41, 5.74) is 3.14. The Morgan fingerprint density at radius 1 is 0.667 bits per heavy atom. The van der Waals surface area contributed by atoms with Gasteiger partial charge in [-0.25, -0.2) is 16.4 Å². The van der Waals surface area contributed by atoms with Gasteiger partial charge in [0.1, 0.15) is 0 Å². The van der Waals surface area contributed by atoms with Crippen LogP contribution < -0.4 is 0 Å². The predicted octanol–water partition coefficient (Wildman–Crippen LogP) is 7.41. The zero-order valence-electron chi connectivity index (χ0n) is 17.3. The zero-order chi connectivity index (χ0) is 21.1. The van der Waals surface area contributed by atoms with E-state index in [9.17, 15) is 0 Å². The molecule has 0 N–H and O–H groups in total. The summed E-state index contributed by atoms with van der Waals surface area (Å²) >= 11 is 1.64. The number of aromatic nitrogens is 3. The largest absolute Gasteiger partial charge is 0.292 e. The Kier molecular flexibility index (Phi) is 4.84. The summed E-state index contributed by atoms with van der Waals surface area (Å²) in [6.07, 6.45) is 0. The molecule has 3 heterocycles. The summed E-state index contributed by atoms with van der Waals surface area (Å²) in [5, 5.41) is 18.6. The summed E-state index contributed by atoms with van der Waals surface area (Å²) in [7, 11) is 0. The molecular weight excluding hydrogens is 603 g/mol. The van der Waals surface area contributed by atoms with Gasteiger partial charge in [-0.1, -0.05) is 71.6 Å². The van der Waals surface area contributed by atoms with Gasteiger partial charge in [0.2, 0.25) is 0 Å². The molecular formula is C28H16IrN3S-. The van der Waals surface area contributed by atoms with Crippen LogP contribution in [-0.4, -0.2) is 14.8 Å². The van der Waals surface area contributed by atoms with Crippen LogP contribution in [0.4, 0.5) is 0 Å². The number of thiophene rings is 1. The Hall–Kier alpha value is -3.37. The van der Waals surface area contributed by atoms with E-state index in [0.717, 1.165) is 38.2 Å². The number of para-hydroxylation sites is 2. The normalized spacial score (nSPS) is 11.4. The van der Waals surface area contributed by atoms with Gasteiger partial charge in [0, 0.05) is 42.0 Å². The van der Waals surface area contributed by atoms with Crippen molar-refractivity contribution in [2.75, 3.05) is 0 Å². The first kappa shape index (κ1) is 20.3. The van der Waals surface area contributed by atoms with Crippen molar-refractivity contribution in [3.63, 3.8) is 0 Å². The quantitative estimate of drug-likeness (QED) is 0.149. The van der Waals surface area contributed by atoms with Gasteiger partial charge in [0.25, 0.3) is 0 Å². The second kappa shape index (κ2) is 7.89. The molecule has 7 rings (SSSR count). The fourth-order valence-electron chi connectivity index (χ4n) is 4.68. The Morgan fingerprint density at radius 2 is 1.27 bits per heavy atom. The topological polar surface area (TPSA) is 30.7 Å². The van der Waals surface area contributed by atoms with Crippen molar-refractivity contribution in [3.05, 3.63) is 102 Å². The monoisotopic (exact) mass is 619 g/mol. The average molecular weight is 619 g/mol. The van der Waals surface area contributed by atoms with Gasteiger partial charge in [-0.15, -0.1) is 10.5 Å². The summed E-state index contributed by atoms with van der Waals surface area (Å²) in [5.74, 6) is 0.850. The number of fused-ring (bicyclic) bond motifs is 5. The van der Waals surface area contributed by atoms with Gasteiger partial charge in [-0.05, 0) is 34.4 Å². The molecule has 0 unspecified atom stereocenters. The van der Waals surface area contributed by atoms with Crippen LogP contribution >= 0.6 is 11.3 Å². The van der Waals surface area contributed by atoms with Crippen molar-refractivity contribution in [1.82, 2.24) is 14.8 Å². The number of benzene rings is 4. The van der Waals surface area contributed by atoms with Gasteiger partial charge in [0.05, 0.1) is 11.0 Å². The van der Waals surface area contributed by atoms with Crippen LogP contribution in [0.25, 0.3) is 59.7 Å². The number of hydrogen-bond donors (Lipinski definition) is 0.